The van der Waals surface area contributed by atoms with Crippen LogP contribution in [0.4, 0.5) is 0 Å². The molecule has 0 aliphatic carbocycles. The van der Waals surface area contributed by atoms with Gasteiger partial charge in [-0.3, -0.25) is 9.59 Å². The van der Waals surface area contributed by atoms with Crippen molar-refractivity contribution in [3.8, 4) is 23.0 Å². The first kappa shape index (κ1) is 17.9. The third kappa shape index (κ3) is 2.76. The molecule has 0 radical (unpaired) electrons. The van der Waals surface area contributed by atoms with Crippen LogP contribution in [0.5, 0.6) is 23.0 Å². The number of hydrogen-bond donors (Lipinski definition) is 1. The summed E-state index contributed by atoms with van der Waals surface area (Å²) in [5, 5.41) is 0.676. The van der Waals surface area contributed by atoms with Gasteiger partial charge in [0.2, 0.25) is 0 Å². The van der Waals surface area contributed by atoms with Crippen LogP contribution in [0.15, 0.2) is 41.2 Å². The van der Waals surface area contributed by atoms with Crippen LogP contribution in [0.1, 0.15) is 23.5 Å². The molecule has 0 unspecified atom stereocenters. The molecule has 28 heavy (non-hydrogen) atoms. The fraction of sp³-hybridized carbons (Fsp3) is 0.238. The number of rotatable bonds is 4. The smallest absolute Gasteiger partial charge is 0.312 e. The maximum Gasteiger partial charge on any atom is 0.312 e. The number of pyridine rings is 1. The molecule has 0 bridgehead atoms. The molecule has 1 aliphatic heterocycles. The van der Waals surface area contributed by atoms with E-state index >= 15 is 0 Å². The Hall–Kier alpha value is -3.48. The largest absolute Gasteiger partial charge is 0.496 e. The van der Waals surface area contributed by atoms with Gasteiger partial charge < -0.3 is 23.9 Å². The van der Waals surface area contributed by atoms with Crippen molar-refractivity contribution in [2.45, 2.75) is 12.3 Å². The maximum atomic E-state index is 12.9. The molecule has 1 aliphatic rings. The molecule has 7 heteroatoms. The van der Waals surface area contributed by atoms with Gasteiger partial charge in [-0.05, 0) is 18.2 Å². The van der Waals surface area contributed by atoms with Gasteiger partial charge in [-0.1, -0.05) is 12.1 Å². The number of carbonyl (C=O) groups excluding carboxylic acids is 1. The fourth-order valence-corrected chi connectivity index (χ4v) is 3.67. The van der Waals surface area contributed by atoms with Crippen molar-refractivity contribution in [2.24, 2.45) is 0 Å². The van der Waals surface area contributed by atoms with Gasteiger partial charge in [0.15, 0.2) is 11.5 Å². The molecule has 1 N–H and O–H groups in total. The Balaban J connectivity index is 2.00. The number of ether oxygens (including phenoxy) is 4. The monoisotopic (exact) mass is 381 g/mol. The van der Waals surface area contributed by atoms with Crippen molar-refractivity contribution in [1.29, 1.82) is 0 Å². The van der Waals surface area contributed by atoms with Crippen LogP contribution in [0.25, 0.3) is 10.9 Å². The average Bonchev–Trinajstić information content (AvgIpc) is 2.72. The highest BCUT2D eigenvalue weighted by Gasteiger charge is 2.35. The Morgan fingerprint density at radius 2 is 1.64 bits per heavy atom. The zero-order chi connectivity index (χ0) is 19.8. The second-order valence-electron chi connectivity index (χ2n) is 6.42. The van der Waals surface area contributed by atoms with E-state index in [1.54, 1.807) is 18.2 Å². The van der Waals surface area contributed by atoms with Gasteiger partial charge in [0.05, 0.1) is 38.8 Å². The highest BCUT2D eigenvalue weighted by Crippen LogP contribution is 2.45. The van der Waals surface area contributed by atoms with E-state index < -0.39 is 11.9 Å². The van der Waals surface area contributed by atoms with Crippen LogP contribution in [0.3, 0.4) is 0 Å². The van der Waals surface area contributed by atoms with Gasteiger partial charge in [-0.15, -0.1) is 0 Å². The van der Waals surface area contributed by atoms with E-state index in [1.165, 1.54) is 21.3 Å². The summed E-state index contributed by atoms with van der Waals surface area (Å²) in [5.74, 6) is 0.808. The number of nitrogens with one attached hydrogen (secondary N) is 1. The normalized spacial score (nSPS) is 15.7. The number of H-pyrrole nitrogens is 1. The van der Waals surface area contributed by atoms with Crippen molar-refractivity contribution in [2.75, 3.05) is 21.3 Å². The lowest BCUT2D eigenvalue weighted by atomic mass is 9.85. The van der Waals surface area contributed by atoms with Gasteiger partial charge in [0.25, 0.3) is 5.56 Å². The molecule has 1 aromatic heterocycles. The molecule has 144 valence electrons. The van der Waals surface area contributed by atoms with E-state index in [-0.39, 0.29) is 17.7 Å². The second kappa shape index (κ2) is 6.92. The number of fused-ring (bicyclic) bond motifs is 3. The SMILES string of the molecule is COc1cc(OC)c([C@@H]2CC(=O)Oc3c2c(=O)[nH]c2ccccc32)cc1OC. The molecule has 2 heterocycles. The molecule has 4 rings (SSSR count). The number of aromatic nitrogens is 1. The van der Waals surface area contributed by atoms with E-state index in [0.29, 0.717) is 39.3 Å². The van der Waals surface area contributed by atoms with Crippen LogP contribution in [-0.4, -0.2) is 32.3 Å². The summed E-state index contributed by atoms with van der Waals surface area (Å²) in [4.78, 5) is 28.2. The van der Waals surface area contributed by atoms with Crippen LogP contribution in [0, 0.1) is 0 Å². The second-order valence-corrected chi connectivity index (χ2v) is 6.42. The lowest BCUT2D eigenvalue weighted by molar-refractivity contribution is -0.135. The Labute approximate surface area is 160 Å². The van der Waals surface area contributed by atoms with Gasteiger partial charge in [0, 0.05) is 22.9 Å². The van der Waals surface area contributed by atoms with Gasteiger partial charge >= 0.3 is 5.97 Å². The van der Waals surface area contributed by atoms with Gasteiger partial charge in [0.1, 0.15) is 11.5 Å². The van der Waals surface area contributed by atoms with E-state index in [2.05, 4.69) is 4.98 Å². The Bertz CT molecular complexity index is 1130. The Morgan fingerprint density at radius 3 is 2.36 bits per heavy atom. The standard InChI is InChI=1S/C21H19NO6/c1-25-15-10-17(27-3)16(26-2)8-12(15)13-9-18(23)28-20-11-6-4-5-7-14(11)22-21(24)19(13)20/h4-8,10,13H,9H2,1-3H3,(H,22,24)/t13-/m0/s1. The maximum absolute atomic E-state index is 12.9. The lowest BCUT2D eigenvalue weighted by Crippen LogP contribution is -2.28. The van der Waals surface area contributed by atoms with Crippen LogP contribution < -0.4 is 24.5 Å². The zero-order valence-electron chi connectivity index (χ0n) is 15.7. The highest BCUT2D eigenvalue weighted by molar-refractivity contribution is 5.91. The topological polar surface area (TPSA) is 86.9 Å². The molecule has 1 atom stereocenters. The van der Waals surface area contributed by atoms with Crippen molar-refractivity contribution >= 4 is 16.9 Å². The summed E-state index contributed by atoms with van der Waals surface area (Å²) < 4.78 is 21.7. The summed E-state index contributed by atoms with van der Waals surface area (Å²) in [6.45, 7) is 0. The summed E-state index contributed by atoms with van der Waals surface area (Å²) in [6, 6.07) is 10.6. The molecule has 0 fully saturated rings. The van der Waals surface area contributed by atoms with Crippen molar-refractivity contribution < 1.29 is 23.7 Å². The first-order valence-electron chi connectivity index (χ1n) is 8.72. The van der Waals surface area contributed by atoms with E-state index in [4.69, 9.17) is 18.9 Å². The van der Waals surface area contributed by atoms with E-state index in [0.717, 1.165) is 0 Å². The molecule has 7 nitrogen and oxygen atoms in total. The molecule has 0 saturated carbocycles. The number of hydrogen-bond acceptors (Lipinski definition) is 6. The van der Waals surface area contributed by atoms with E-state index in [1.807, 2.05) is 18.2 Å². The predicted octanol–water partition coefficient (Wildman–Crippen LogP) is 2.99. The number of esters is 1. The fourth-order valence-electron chi connectivity index (χ4n) is 3.67. The summed E-state index contributed by atoms with van der Waals surface area (Å²) in [5.41, 5.74) is 1.35. The molecule has 2 aromatic carbocycles. The number of para-hydroxylation sites is 1. The number of aromatic amines is 1. The molecular formula is C21H19NO6. The summed E-state index contributed by atoms with van der Waals surface area (Å²) in [6.07, 6.45) is 0.0142. The minimum absolute atomic E-state index is 0.0142. The van der Waals surface area contributed by atoms with Gasteiger partial charge in [-0.2, -0.15) is 0 Å². The predicted molar refractivity (Wildman–Crippen MR) is 103 cm³/mol. The molecule has 0 spiro atoms. The molecule has 0 amide bonds. The van der Waals surface area contributed by atoms with E-state index in [9.17, 15) is 9.59 Å². The molecular weight excluding hydrogens is 362 g/mol. The minimum Gasteiger partial charge on any atom is -0.496 e. The Kier molecular flexibility index (Phi) is 4.43. The first-order valence-corrected chi connectivity index (χ1v) is 8.72. The number of carbonyl (C=O) groups is 1. The third-order valence-corrected chi connectivity index (χ3v) is 4.96. The highest BCUT2D eigenvalue weighted by atomic mass is 16.5. The van der Waals surface area contributed by atoms with Crippen molar-refractivity contribution in [3.63, 3.8) is 0 Å². The van der Waals surface area contributed by atoms with Crippen molar-refractivity contribution in [3.05, 3.63) is 57.9 Å². The molecule has 3 aromatic rings. The molecule has 0 saturated heterocycles. The summed E-state index contributed by atoms with van der Waals surface area (Å²) in [7, 11) is 4.58. The van der Waals surface area contributed by atoms with Crippen LogP contribution in [-0.2, 0) is 4.79 Å². The quantitative estimate of drug-likeness (QED) is 0.699. The van der Waals surface area contributed by atoms with Gasteiger partial charge in [-0.25, -0.2) is 0 Å². The number of benzene rings is 2. The lowest BCUT2D eigenvalue weighted by Gasteiger charge is -2.26. The van der Waals surface area contributed by atoms with Crippen LogP contribution in [0.2, 0.25) is 0 Å². The average molecular weight is 381 g/mol. The summed E-state index contributed by atoms with van der Waals surface area (Å²) >= 11 is 0. The third-order valence-electron chi connectivity index (χ3n) is 4.96. The zero-order valence-corrected chi connectivity index (χ0v) is 15.7. The van der Waals surface area contributed by atoms with Crippen molar-refractivity contribution in [1.82, 2.24) is 4.98 Å². The first-order chi connectivity index (χ1) is 13.6. The minimum atomic E-state index is -0.542. The number of methoxy groups -OCH3 is 3. The Morgan fingerprint density at radius 1 is 0.964 bits per heavy atom. The van der Waals surface area contributed by atoms with Crippen LogP contribution >= 0.6 is 0 Å².